The van der Waals surface area contributed by atoms with Crippen LogP contribution < -0.4 is 31.2 Å². The molecule has 1 amide bonds. The van der Waals surface area contributed by atoms with Gasteiger partial charge in [0.05, 0.1) is 31.7 Å². The first kappa shape index (κ1) is 23.4. The third kappa shape index (κ3) is 4.36. The molecule has 10 nitrogen and oxygen atoms in total. The van der Waals surface area contributed by atoms with Gasteiger partial charge in [-0.15, -0.1) is 0 Å². The third-order valence-corrected chi connectivity index (χ3v) is 6.19. The Morgan fingerprint density at radius 2 is 1.76 bits per heavy atom. The van der Waals surface area contributed by atoms with Crippen molar-refractivity contribution in [2.45, 2.75) is 25.4 Å². The predicted molar refractivity (Wildman–Crippen MR) is 127 cm³/mol. The van der Waals surface area contributed by atoms with E-state index in [1.54, 1.807) is 53.0 Å². The van der Waals surface area contributed by atoms with Crippen LogP contribution in [0.15, 0.2) is 46.0 Å². The molecule has 4 rings (SSSR count). The fraction of sp³-hybridized carbons (Fsp3) is 0.375. The molecule has 2 N–H and O–H groups in total. The lowest BCUT2D eigenvalue weighted by Gasteiger charge is -2.31. The number of ether oxygens (including phenoxy) is 3. The topological polar surface area (TPSA) is 118 Å². The normalized spacial score (nSPS) is 14.3. The molecular weight excluding hydrogens is 440 g/mol. The summed E-state index contributed by atoms with van der Waals surface area (Å²) < 4.78 is 18.9. The minimum Gasteiger partial charge on any atom is -0.493 e. The van der Waals surface area contributed by atoms with Crippen LogP contribution in [0.5, 0.6) is 17.2 Å². The highest BCUT2D eigenvalue weighted by Gasteiger charge is 2.25. The summed E-state index contributed by atoms with van der Waals surface area (Å²) in [4.78, 5) is 40.0. The van der Waals surface area contributed by atoms with Crippen molar-refractivity contribution in [1.29, 1.82) is 0 Å². The molecule has 0 aliphatic carbocycles. The van der Waals surface area contributed by atoms with E-state index in [9.17, 15) is 14.4 Å². The lowest BCUT2D eigenvalue weighted by Crippen LogP contribution is -2.44. The van der Waals surface area contributed by atoms with Crippen LogP contribution in [0.25, 0.3) is 10.9 Å². The van der Waals surface area contributed by atoms with Crippen LogP contribution in [-0.4, -0.2) is 54.5 Å². The fourth-order valence-electron chi connectivity index (χ4n) is 4.45. The monoisotopic (exact) mass is 468 g/mol. The predicted octanol–water partition coefficient (Wildman–Crippen LogP) is 1.32. The van der Waals surface area contributed by atoms with Crippen LogP contribution in [-0.2, 0) is 11.3 Å². The first-order valence-electron chi connectivity index (χ1n) is 11.0. The van der Waals surface area contributed by atoms with Gasteiger partial charge in [-0.25, -0.2) is 4.79 Å². The Morgan fingerprint density at radius 3 is 2.41 bits per heavy atom. The van der Waals surface area contributed by atoms with Gasteiger partial charge >= 0.3 is 5.69 Å². The van der Waals surface area contributed by atoms with Gasteiger partial charge in [-0.1, -0.05) is 6.07 Å². The number of carbonyl (C=O) groups is 1. The first-order valence-corrected chi connectivity index (χ1v) is 11.0. The van der Waals surface area contributed by atoms with E-state index in [0.29, 0.717) is 59.6 Å². The standard InChI is InChI=1S/C24H28N4O6/c1-32-21-6-3-16(11-22(21)33-2)13-27-23(30)19-12-18(34-14-25)4-5-20(19)28(24(27)31)17-7-9-26(15-29)10-8-17/h3-6,11-12,15,17H,7-10,13-14,25H2,1-2H3. The molecule has 3 aromatic rings. The summed E-state index contributed by atoms with van der Waals surface area (Å²) in [5, 5.41) is 0.365. The number of carbonyl (C=O) groups excluding carboxylic acids is 1. The molecule has 180 valence electrons. The van der Waals surface area contributed by atoms with Crippen molar-refractivity contribution in [2.75, 3.05) is 34.0 Å². The number of rotatable bonds is 8. The average Bonchev–Trinajstić information content (AvgIpc) is 2.87. The number of hydrogen-bond donors (Lipinski definition) is 1. The molecule has 1 aromatic heterocycles. The zero-order valence-corrected chi connectivity index (χ0v) is 19.2. The molecule has 0 atom stereocenters. The molecule has 1 aliphatic rings. The summed E-state index contributed by atoms with van der Waals surface area (Å²) in [5.74, 6) is 1.51. The van der Waals surface area contributed by atoms with Crippen molar-refractivity contribution in [3.8, 4) is 17.2 Å². The number of methoxy groups -OCH3 is 2. The molecule has 1 aliphatic heterocycles. The highest BCUT2D eigenvalue weighted by atomic mass is 16.5. The molecule has 2 aromatic carbocycles. The van der Waals surface area contributed by atoms with Gasteiger partial charge in [-0.2, -0.15) is 0 Å². The number of nitrogens with two attached hydrogens (primary N) is 1. The Balaban J connectivity index is 1.86. The Bertz CT molecular complexity index is 1310. The highest BCUT2D eigenvalue weighted by Crippen LogP contribution is 2.28. The molecule has 0 saturated carbocycles. The summed E-state index contributed by atoms with van der Waals surface area (Å²) >= 11 is 0. The van der Waals surface area contributed by atoms with Crippen molar-refractivity contribution in [2.24, 2.45) is 5.73 Å². The minimum absolute atomic E-state index is 0.0326. The van der Waals surface area contributed by atoms with Crippen LogP contribution >= 0.6 is 0 Å². The third-order valence-electron chi connectivity index (χ3n) is 6.19. The Hall–Kier alpha value is -3.79. The first-order chi connectivity index (χ1) is 16.5. The molecule has 10 heteroatoms. The maximum absolute atomic E-state index is 13.7. The van der Waals surface area contributed by atoms with Crippen molar-refractivity contribution in [3.63, 3.8) is 0 Å². The largest absolute Gasteiger partial charge is 0.493 e. The highest BCUT2D eigenvalue weighted by molar-refractivity contribution is 5.80. The number of nitrogens with zero attached hydrogens (tertiary/aromatic N) is 3. The summed E-state index contributed by atoms with van der Waals surface area (Å²) in [5.41, 5.74) is 5.94. The Morgan fingerprint density at radius 1 is 1.03 bits per heavy atom. The zero-order valence-electron chi connectivity index (χ0n) is 19.2. The average molecular weight is 469 g/mol. The van der Waals surface area contributed by atoms with Gasteiger partial charge in [0.1, 0.15) is 12.5 Å². The van der Waals surface area contributed by atoms with E-state index in [1.807, 2.05) is 0 Å². The lowest BCUT2D eigenvalue weighted by molar-refractivity contribution is -0.119. The van der Waals surface area contributed by atoms with E-state index in [2.05, 4.69) is 0 Å². The van der Waals surface area contributed by atoms with Gasteiger partial charge in [0.15, 0.2) is 11.5 Å². The molecule has 2 heterocycles. The maximum atomic E-state index is 13.7. The minimum atomic E-state index is -0.418. The number of piperidine rings is 1. The van der Waals surface area contributed by atoms with Crippen molar-refractivity contribution in [1.82, 2.24) is 14.0 Å². The van der Waals surface area contributed by atoms with Crippen LogP contribution in [0.4, 0.5) is 0 Å². The fourth-order valence-corrected chi connectivity index (χ4v) is 4.45. The van der Waals surface area contributed by atoms with Crippen molar-refractivity contribution in [3.05, 3.63) is 62.8 Å². The van der Waals surface area contributed by atoms with Gasteiger partial charge in [0, 0.05) is 19.1 Å². The number of hydrogen-bond acceptors (Lipinski definition) is 7. The second-order valence-electron chi connectivity index (χ2n) is 8.10. The number of amides is 1. The number of benzene rings is 2. The zero-order chi connectivity index (χ0) is 24.2. The summed E-state index contributed by atoms with van der Waals surface area (Å²) in [6.07, 6.45) is 2.05. The van der Waals surface area contributed by atoms with Gasteiger partial charge in [-0.05, 0) is 48.7 Å². The van der Waals surface area contributed by atoms with Crippen LogP contribution in [0.3, 0.4) is 0 Å². The Kier molecular flexibility index (Phi) is 6.87. The van der Waals surface area contributed by atoms with Crippen LogP contribution in [0, 0.1) is 0 Å². The van der Waals surface area contributed by atoms with E-state index in [0.717, 1.165) is 6.41 Å². The second-order valence-corrected chi connectivity index (χ2v) is 8.10. The van der Waals surface area contributed by atoms with Gasteiger partial charge in [-0.3, -0.25) is 24.5 Å². The summed E-state index contributed by atoms with van der Waals surface area (Å²) in [6, 6.07) is 10.2. The van der Waals surface area contributed by atoms with Crippen molar-refractivity contribution >= 4 is 17.3 Å². The smallest absolute Gasteiger partial charge is 0.332 e. The van der Waals surface area contributed by atoms with Crippen LogP contribution in [0.2, 0.25) is 0 Å². The van der Waals surface area contributed by atoms with E-state index >= 15 is 0 Å². The molecule has 0 spiro atoms. The van der Waals surface area contributed by atoms with E-state index in [4.69, 9.17) is 19.9 Å². The molecule has 0 unspecified atom stereocenters. The molecule has 0 bridgehead atoms. The van der Waals surface area contributed by atoms with Gasteiger partial charge in [0.25, 0.3) is 5.56 Å². The molecule has 1 saturated heterocycles. The number of likely N-dealkylation sites (tertiary alicyclic amines) is 1. The molecular formula is C24H28N4O6. The quantitative estimate of drug-likeness (QED) is 0.391. The molecule has 0 radical (unpaired) electrons. The van der Waals surface area contributed by atoms with E-state index < -0.39 is 11.2 Å². The Labute approximate surface area is 196 Å². The van der Waals surface area contributed by atoms with Gasteiger partial charge < -0.3 is 19.1 Å². The molecule has 1 fully saturated rings. The van der Waals surface area contributed by atoms with E-state index in [1.165, 1.54) is 11.7 Å². The van der Waals surface area contributed by atoms with Gasteiger partial charge in [0.2, 0.25) is 6.41 Å². The number of fused-ring (bicyclic) bond motifs is 1. The lowest BCUT2D eigenvalue weighted by atomic mass is 10.0. The SMILES string of the molecule is COc1ccc(Cn2c(=O)c3cc(OCN)ccc3n(C3CCN(C=O)CC3)c2=O)cc1OC. The number of aromatic nitrogens is 2. The second kappa shape index (κ2) is 10.0. The van der Waals surface area contributed by atoms with E-state index in [-0.39, 0.29) is 19.3 Å². The molecule has 34 heavy (non-hydrogen) atoms. The maximum Gasteiger partial charge on any atom is 0.332 e. The van der Waals surface area contributed by atoms with Crippen molar-refractivity contribution < 1.29 is 19.0 Å². The van der Waals surface area contributed by atoms with Crippen LogP contribution in [0.1, 0.15) is 24.4 Å². The summed E-state index contributed by atoms with van der Waals surface area (Å²) in [7, 11) is 3.07. The summed E-state index contributed by atoms with van der Waals surface area (Å²) in [6.45, 7) is 1.12.